The van der Waals surface area contributed by atoms with Crippen LogP contribution in [-0.2, 0) is 11.8 Å². The van der Waals surface area contributed by atoms with Crippen LogP contribution in [0.1, 0.15) is 50.9 Å². The minimum Gasteiger partial charge on any atom is -0.370 e. The monoisotopic (exact) mass is 394 g/mol. The number of nitrogens with two attached hydrogens (primary N) is 1. The van der Waals surface area contributed by atoms with Gasteiger partial charge in [0.05, 0.1) is 11.7 Å². The van der Waals surface area contributed by atoms with E-state index in [1.54, 1.807) is 6.07 Å². The van der Waals surface area contributed by atoms with Crippen LogP contribution in [0.2, 0.25) is 0 Å². The third-order valence-electron chi connectivity index (χ3n) is 5.91. The van der Waals surface area contributed by atoms with Crippen molar-refractivity contribution in [2.75, 3.05) is 0 Å². The Morgan fingerprint density at radius 3 is 2.46 bits per heavy atom. The minimum absolute atomic E-state index is 0.0921. The SMILES string of the molecule is C[C@H](N=C1NC(N)=NC(c2cccc(C(F)(F)F)n2)([C@@H](C)C2CC2)N1)C1CC1. The maximum Gasteiger partial charge on any atom is 0.433 e. The van der Waals surface area contributed by atoms with E-state index in [4.69, 9.17) is 5.73 Å². The van der Waals surface area contributed by atoms with Crippen molar-refractivity contribution in [2.45, 2.75) is 57.4 Å². The fourth-order valence-corrected chi connectivity index (χ4v) is 3.84. The number of guanidine groups is 2. The quantitative estimate of drug-likeness (QED) is 0.717. The van der Waals surface area contributed by atoms with Crippen molar-refractivity contribution in [1.82, 2.24) is 15.6 Å². The number of pyridine rings is 1. The molecule has 0 radical (unpaired) electrons. The molecule has 3 atom stereocenters. The van der Waals surface area contributed by atoms with Crippen LogP contribution in [0.3, 0.4) is 0 Å². The average molecular weight is 394 g/mol. The van der Waals surface area contributed by atoms with Gasteiger partial charge in [-0.25, -0.2) is 15.0 Å². The standard InChI is InChI=1S/C19H25F3N6/c1-10(12-6-7-12)18(14-4-3-5-15(25-14)19(20,21)22)27-16(23)26-17(28-18)24-11(2)13-8-9-13/h3-5,10-13H,6-9H2,1-2H3,(H4,23,24,26,27,28)/t10-,11-,18?/m0/s1. The summed E-state index contributed by atoms with van der Waals surface area (Å²) in [4.78, 5) is 13.2. The number of halogens is 3. The van der Waals surface area contributed by atoms with Crippen LogP contribution in [0.25, 0.3) is 0 Å². The van der Waals surface area contributed by atoms with Gasteiger partial charge in [-0.05, 0) is 56.6 Å². The van der Waals surface area contributed by atoms with Crippen LogP contribution in [0.4, 0.5) is 13.2 Å². The molecule has 2 aliphatic carbocycles. The molecule has 2 fully saturated rings. The fraction of sp³-hybridized carbons (Fsp3) is 0.632. The highest BCUT2D eigenvalue weighted by Gasteiger charge is 2.49. The molecular formula is C19H25F3N6. The Labute approximate surface area is 161 Å². The highest BCUT2D eigenvalue weighted by molar-refractivity contribution is 6.00. The maximum atomic E-state index is 13.3. The first-order valence-electron chi connectivity index (χ1n) is 9.72. The van der Waals surface area contributed by atoms with Gasteiger partial charge in [0.2, 0.25) is 5.96 Å². The van der Waals surface area contributed by atoms with Gasteiger partial charge in [0.1, 0.15) is 5.69 Å². The number of hydrogen-bond donors (Lipinski definition) is 3. The normalized spacial score (nSPS) is 28.9. The smallest absolute Gasteiger partial charge is 0.370 e. The van der Waals surface area contributed by atoms with Crippen LogP contribution in [-0.4, -0.2) is 22.9 Å². The topological polar surface area (TPSA) is 87.7 Å². The predicted octanol–water partition coefficient (Wildman–Crippen LogP) is 2.96. The second-order valence-corrected chi connectivity index (χ2v) is 8.10. The molecule has 4 rings (SSSR count). The van der Waals surface area contributed by atoms with Gasteiger partial charge in [-0.15, -0.1) is 0 Å². The summed E-state index contributed by atoms with van der Waals surface area (Å²) in [7, 11) is 0. The first-order chi connectivity index (χ1) is 13.2. The van der Waals surface area contributed by atoms with Gasteiger partial charge in [-0.1, -0.05) is 13.0 Å². The van der Waals surface area contributed by atoms with E-state index in [0.29, 0.717) is 17.8 Å². The molecule has 6 nitrogen and oxygen atoms in total. The Bertz CT molecular complexity index is 812. The molecule has 0 spiro atoms. The Morgan fingerprint density at radius 1 is 1.18 bits per heavy atom. The van der Waals surface area contributed by atoms with E-state index in [1.165, 1.54) is 6.07 Å². The summed E-state index contributed by atoms with van der Waals surface area (Å²) >= 11 is 0. The van der Waals surface area contributed by atoms with E-state index in [1.807, 2.05) is 13.8 Å². The van der Waals surface area contributed by atoms with Gasteiger partial charge in [-0.2, -0.15) is 13.2 Å². The fourth-order valence-electron chi connectivity index (χ4n) is 3.84. The van der Waals surface area contributed by atoms with Crippen molar-refractivity contribution in [3.63, 3.8) is 0 Å². The zero-order valence-corrected chi connectivity index (χ0v) is 15.9. The largest absolute Gasteiger partial charge is 0.433 e. The first kappa shape index (κ1) is 19.0. The molecule has 0 amide bonds. The number of aromatic nitrogens is 1. The lowest BCUT2D eigenvalue weighted by molar-refractivity contribution is -0.141. The third kappa shape index (κ3) is 3.66. The van der Waals surface area contributed by atoms with Crippen LogP contribution < -0.4 is 16.4 Å². The lowest BCUT2D eigenvalue weighted by Crippen LogP contribution is -2.62. The van der Waals surface area contributed by atoms with E-state index in [0.717, 1.165) is 31.7 Å². The summed E-state index contributed by atoms with van der Waals surface area (Å²) in [6, 6.07) is 4.01. The van der Waals surface area contributed by atoms with E-state index in [2.05, 4.69) is 25.6 Å². The maximum absolute atomic E-state index is 13.3. The second-order valence-electron chi connectivity index (χ2n) is 8.10. The van der Waals surface area contributed by atoms with Gasteiger partial charge in [-0.3, -0.25) is 5.32 Å². The van der Waals surface area contributed by atoms with Crippen molar-refractivity contribution in [2.24, 2.45) is 33.5 Å². The van der Waals surface area contributed by atoms with Crippen molar-refractivity contribution in [3.05, 3.63) is 29.6 Å². The van der Waals surface area contributed by atoms with E-state index in [9.17, 15) is 13.2 Å². The number of nitrogens with one attached hydrogen (secondary N) is 2. The lowest BCUT2D eigenvalue weighted by atomic mass is 9.86. The Hall–Kier alpha value is -2.32. The molecule has 3 aliphatic rings. The van der Waals surface area contributed by atoms with E-state index >= 15 is 0 Å². The summed E-state index contributed by atoms with van der Waals surface area (Å²) in [5, 5.41) is 6.20. The molecular weight excluding hydrogens is 369 g/mol. The molecule has 1 aromatic heterocycles. The van der Waals surface area contributed by atoms with Crippen LogP contribution in [0.15, 0.2) is 28.2 Å². The van der Waals surface area contributed by atoms with Crippen molar-refractivity contribution < 1.29 is 13.2 Å². The summed E-state index contributed by atoms with van der Waals surface area (Å²) in [6.45, 7) is 4.02. The lowest BCUT2D eigenvalue weighted by Gasteiger charge is -2.40. The molecule has 0 bridgehead atoms. The van der Waals surface area contributed by atoms with Crippen LogP contribution in [0, 0.1) is 17.8 Å². The van der Waals surface area contributed by atoms with Crippen molar-refractivity contribution in [3.8, 4) is 0 Å². The average Bonchev–Trinajstić information content (AvgIpc) is 3.52. The molecule has 152 valence electrons. The van der Waals surface area contributed by atoms with Crippen LogP contribution in [0.5, 0.6) is 0 Å². The molecule has 4 N–H and O–H groups in total. The van der Waals surface area contributed by atoms with Gasteiger partial charge in [0, 0.05) is 5.92 Å². The number of aliphatic imine (C=N–C) groups is 2. The number of rotatable bonds is 5. The number of alkyl halides is 3. The van der Waals surface area contributed by atoms with Gasteiger partial charge >= 0.3 is 6.18 Å². The minimum atomic E-state index is -4.53. The van der Waals surface area contributed by atoms with Gasteiger partial charge < -0.3 is 11.1 Å². The second kappa shape index (κ2) is 6.63. The van der Waals surface area contributed by atoms with Crippen molar-refractivity contribution >= 4 is 11.9 Å². The first-order valence-corrected chi connectivity index (χ1v) is 9.72. The van der Waals surface area contributed by atoms with Crippen molar-refractivity contribution in [1.29, 1.82) is 0 Å². The van der Waals surface area contributed by atoms with Gasteiger partial charge in [0.25, 0.3) is 0 Å². The molecule has 1 aromatic rings. The summed E-state index contributed by atoms with van der Waals surface area (Å²) < 4.78 is 39.8. The molecule has 28 heavy (non-hydrogen) atoms. The molecule has 1 unspecified atom stereocenters. The highest BCUT2D eigenvalue weighted by Crippen LogP contribution is 2.47. The number of hydrogen-bond acceptors (Lipinski definition) is 4. The molecule has 0 aromatic carbocycles. The van der Waals surface area contributed by atoms with Crippen LogP contribution >= 0.6 is 0 Å². The third-order valence-corrected chi connectivity index (χ3v) is 5.91. The predicted molar refractivity (Wildman–Crippen MR) is 100 cm³/mol. The summed E-state index contributed by atoms with van der Waals surface area (Å²) in [5.41, 5.74) is 4.14. The number of nitrogens with zero attached hydrogens (tertiary/aromatic N) is 3. The Balaban J connectivity index is 1.77. The van der Waals surface area contributed by atoms with E-state index in [-0.39, 0.29) is 23.6 Å². The molecule has 2 heterocycles. The molecule has 1 aliphatic heterocycles. The van der Waals surface area contributed by atoms with E-state index < -0.39 is 17.5 Å². The molecule has 9 heteroatoms. The highest BCUT2D eigenvalue weighted by atomic mass is 19.4. The molecule has 0 saturated heterocycles. The Kier molecular flexibility index (Phi) is 4.50. The molecule has 2 saturated carbocycles. The summed E-state index contributed by atoms with van der Waals surface area (Å²) in [6.07, 6.45) is -0.227. The Morgan fingerprint density at radius 2 is 1.86 bits per heavy atom. The zero-order chi connectivity index (χ0) is 20.1. The summed E-state index contributed by atoms with van der Waals surface area (Å²) in [5.74, 6) is 1.37. The van der Waals surface area contributed by atoms with Gasteiger partial charge in [0.15, 0.2) is 11.6 Å². The zero-order valence-electron chi connectivity index (χ0n) is 15.9.